The molecule has 6 N–H and O–H groups in total. The van der Waals surface area contributed by atoms with Crippen molar-refractivity contribution in [3.05, 3.63) is 35.4 Å². The Kier molecular flexibility index (Phi) is 3.71. The van der Waals surface area contributed by atoms with Gasteiger partial charge in [-0.2, -0.15) is 4.98 Å². The summed E-state index contributed by atoms with van der Waals surface area (Å²) in [5.41, 5.74) is 12.1. The highest BCUT2D eigenvalue weighted by molar-refractivity contribution is 6.16. The molecule has 24 heavy (non-hydrogen) atoms. The van der Waals surface area contributed by atoms with E-state index in [9.17, 15) is 4.39 Å². The molecular formula is C15H12FN7O. The van der Waals surface area contributed by atoms with Gasteiger partial charge >= 0.3 is 0 Å². The summed E-state index contributed by atoms with van der Waals surface area (Å²) in [4.78, 5) is 11.6. The molecule has 0 fully saturated rings. The number of oxazole rings is 1. The lowest BCUT2D eigenvalue weighted by molar-refractivity contribution is 0.601. The lowest BCUT2D eigenvalue weighted by atomic mass is 10.1. The second kappa shape index (κ2) is 5.85. The van der Waals surface area contributed by atoms with Gasteiger partial charge in [0.25, 0.3) is 6.01 Å². The van der Waals surface area contributed by atoms with Crippen molar-refractivity contribution in [2.75, 3.05) is 23.8 Å². The second-order valence-electron chi connectivity index (χ2n) is 4.71. The van der Waals surface area contributed by atoms with Crippen LogP contribution in [0.3, 0.4) is 0 Å². The average Bonchev–Trinajstić information content (AvgIpc) is 2.94. The van der Waals surface area contributed by atoms with Crippen molar-refractivity contribution >= 4 is 34.5 Å². The zero-order valence-electron chi connectivity index (χ0n) is 12.5. The molecule has 1 aromatic carbocycles. The second-order valence-corrected chi connectivity index (χ2v) is 4.71. The van der Waals surface area contributed by atoms with Crippen LogP contribution >= 0.6 is 0 Å². The molecule has 0 aliphatic heterocycles. The van der Waals surface area contributed by atoms with E-state index >= 15 is 0 Å². The van der Waals surface area contributed by atoms with E-state index in [1.165, 1.54) is 18.5 Å². The SMILES string of the molecule is CNc1nc2cc(C#CC(=N)c3c(N)ncnc3N)c(F)cc2o1. The van der Waals surface area contributed by atoms with Gasteiger partial charge in [0.1, 0.15) is 35.0 Å². The molecule has 0 bridgehead atoms. The van der Waals surface area contributed by atoms with Crippen LogP contribution in [-0.4, -0.2) is 27.7 Å². The van der Waals surface area contributed by atoms with Crippen LogP contribution in [0.5, 0.6) is 0 Å². The van der Waals surface area contributed by atoms with E-state index in [4.69, 9.17) is 21.3 Å². The van der Waals surface area contributed by atoms with Gasteiger partial charge in [0, 0.05) is 13.1 Å². The molecule has 8 nitrogen and oxygen atoms in total. The van der Waals surface area contributed by atoms with Gasteiger partial charge in [-0.15, -0.1) is 0 Å². The van der Waals surface area contributed by atoms with Gasteiger partial charge < -0.3 is 21.2 Å². The molecule has 2 aromatic heterocycles. The fraction of sp³-hybridized carbons (Fsp3) is 0.0667. The average molecular weight is 325 g/mol. The normalized spacial score (nSPS) is 10.2. The van der Waals surface area contributed by atoms with Crippen molar-refractivity contribution in [1.82, 2.24) is 15.0 Å². The number of nitrogen functional groups attached to an aromatic ring is 2. The number of hydrogen-bond acceptors (Lipinski definition) is 8. The van der Waals surface area contributed by atoms with E-state index in [-0.39, 0.29) is 34.5 Å². The Morgan fingerprint density at radius 1 is 1.29 bits per heavy atom. The maximum Gasteiger partial charge on any atom is 0.295 e. The summed E-state index contributed by atoms with van der Waals surface area (Å²) in [6, 6.07) is 2.89. The fourth-order valence-electron chi connectivity index (χ4n) is 2.01. The summed E-state index contributed by atoms with van der Waals surface area (Å²) in [7, 11) is 1.64. The lowest BCUT2D eigenvalue weighted by Crippen LogP contribution is -2.09. The van der Waals surface area contributed by atoms with E-state index in [0.29, 0.717) is 11.1 Å². The fourth-order valence-corrected chi connectivity index (χ4v) is 2.01. The number of hydrogen-bond donors (Lipinski definition) is 4. The molecule has 0 aliphatic carbocycles. The van der Waals surface area contributed by atoms with Gasteiger partial charge in [-0.1, -0.05) is 5.92 Å². The molecule has 0 atom stereocenters. The maximum atomic E-state index is 14.1. The summed E-state index contributed by atoms with van der Waals surface area (Å²) in [6.45, 7) is 0. The predicted octanol–water partition coefficient (Wildman–Crippen LogP) is 1.38. The van der Waals surface area contributed by atoms with Gasteiger partial charge in [0.15, 0.2) is 5.58 Å². The molecule has 0 unspecified atom stereocenters. The van der Waals surface area contributed by atoms with Crippen LogP contribution in [0.25, 0.3) is 11.1 Å². The number of aromatic nitrogens is 3. The lowest BCUT2D eigenvalue weighted by Gasteiger charge is -2.03. The van der Waals surface area contributed by atoms with Crippen molar-refractivity contribution < 1.29 is 8.81 Å². The first-order chi connectivity index (χ1) is 11.5. The van der Waals surface area contributed by atoms with Crippen LogP contribution in [0.2, 0.25) is 0 Å². The number of nitrogens with one attached hydrogen (secondary N) is 2. The molecule has 9 heteroatoms. The van der Waals surface area contributed by atoms with Crippen molar-refractivity contribution in [2.24, 2.45) is 0 Å². The van der Waals surface area contributed by atoms with Crippen LogP contribution in [0.15, 0.2) is 22.9 Å². The van der Waals surface area contributed by atoms with E-state index in [0.717, 1.165) is 0 Å². The number of nitrogens with zero attached hydrogens (tertiary/aromatic N) is 3. The zero-order valence-corrected chi connectivity index (χ0v) is 12.5. The third kappa shape index (κ3) is 2.68. The molecule has 0 saturated heterocycles. The van der Waals surface area contributed by atoms with Crippen molar-refractivity contribution in [3.63, 3.8) is 0 Å². The molecule has 0 spiro atoms. The summed E-state index contributed by atoms with van der Waals surface area (Å²) in [6.07, 6.45) is 1.19. The highest BCUT2D eigenvalue weighted by atomic mass is 19.1. The smallest absolute Gasteiger partial charge is 0.295 e. The number of benzene rings is 1. The molecule has 0 saturated carbocycles. The molecule has 3 aromatic rings. The Hall–Kier alpha value is -3.67. The predicted molar refractivity (Wildman–Crippen MR) is 88.1 cm³/mol. The van der Waals surface area contributed by atoms with E-state index in [2.05, 4.69) is 32.1 Å². The highest BCUT2D eigenvalue weighted by Crippen LogP contribution is 2.22. The van der Waals surface area contributed by atoms with Crippen molar-refractivity contribution in [3.8, 4) is 11.8 Å². The van der Waals surface area contributed by atoms with Gasteiger partial charge in [0.05, 0.1) is 11.1 Å². The van der Waals surface area contributed by atoms with Crippen LogP contribution in [0, 0.1) is 23.1 Å². The molecule has 3 rings (SSSR count). The zero-order chi connectivity index (χ0) is 17.3. The Bertz CT molecular complexity index is 996. The van der Waals surface area contributed by atoms with Gasteiger partial charge in [0.2, 0.25) is 0 Å². The largest absolute Gasteiger partial charge is 0.423 e. The molecular weight excluding hydrogens is 313 g/mol. The summed E-state index contributed by atoms with van der Waals surface area (Å²) < 4.78 is 19.4. The number of nitrogens with two attached hydrogens (primary N) is 2. The van der Waals surface area contributed by atoms with Crippen LogP contribution in [-0.2, 0) is 0 Å². The minimum absolute atomic E-state index is 0.0351. The first-order valence-corrected chi connectivity index (χ1v) is 6.74. The standard InChI is InChI=1S/C15H12FN7O/c1-20-15-23-10-4-7(8(16)5-11(10)24-15)2-3-9(17)12-13(18)21-6-22-14(12)19/h4-6,17H,1H3,(H,20,23)(H4,18,19,21,22). The first-order valence-electron chi connectivity index (χ1n) is 6.74. The molecule has 0 aliphatic rings. The summed E-state index contributed by atoms with van der Waals surface area (Å²) in [5, 5.41) is 10.7. The Labute approximate surface area is 135 Å². The van der Waals surface area contributed by atoms with E-state index in [1.807, 2.05) is 0 Å². The summed E-state index contributed by atoms with van der Waals surface area (Å²) in [5.74, 6) is 4.55. The Morgan fingerprint density at radius 2 is 2.00 bits per heavy atom. The topological polar surface area (TPSA) is 140 Å². The summed E-state index contributed by atoms with van der Waals surface area (Å²) >= 11 is 0. The van der Waals surface area contributed by atoms with Crippen molar-refractivity contribution in [2.45, 2.75) is 0 Å². The third-order valence-electron chi connectivity index (χ3n) is 3.17. The number of anilines is 3. The van der Waals surface area contributed by atoms with Crippen LogP contribution < -0.4 is 16.8 Å². The minimum atomic E-state index is -0.591. The quantitative estimate of drug-likeness (QED) is 0.412. The first kappa shape index (κ1) is 15.2. The molecule has 0 amide bonds. The monoisotopic (exact) mass is 325 g/mol. The Balaban J connectivity index is 2.00. The van der Waals surface area contributed by atoms with Crippen molar-refractivity contribution in [1.29, 1.82) is 5.41 Å². The number of rotatable bonds is 2. The third-order valence-corrected chi connectivity index (χ3v) is 3.17. The van der Waals surface area contributed by atoms with Gasteiger partial charge in [-0.05, 0) is 12.0 Å². The van der Waals surface area contributed by atoms with E-state index < -0.39 is 5.82 Å². The van der Waals surface area contributed by atoms with E-state index in [1.54, 1.807) is 7.05 Å². The van der Waals surface area contributed by atoms with Gasteiger partial charge in [-0.25, -0.2) is 14.4 Å². The number of fused-ring (bicyclic) bond motifs is 1. The molecule has 0 radical (unpaired) electrons. The molecule has 120 valence electrons. The molecule has 2 heterocycles. The number of halogens is 1. The van der Waals surface area contributed by atoms with Crippen LogP contribution in [0.4, 0.5) is 22.0 Å². The van der Waals surface area contributed by atoms with Crippen LogP contribution in [0.1, 0.15) is 11.1 Å². The maximum absolute atomic E-state index is 14.1. The highest BCUT2D eigenvalue weighted by Gasteiger charge is 2.12. The van der Waals surface area contributed by atoms with Gasteiger partial charge in [-0.3, -0.25) is 5.41 Å². The Morgan fingerprint density at radius 3 is 2.67 bits per heavy atom. The minimum Gasteiger partial charge on any atom is -0.423 e.